The molecule has 1 nitrogen and oxygen atoms in total. The standard InChI is InChI=1S/C50H39NS/c1-2-8-35-28-40(19-15-33(35)7-1)51(41-20-22-49-45(30-41)43-10-4-6-12-48(43)52-49)39-17-13-34(14-18-39)36-16-21-47-44(29-36)42-9-3-5-11-46(42)50(47)37-24-31-23-32(26-37)27-38(50)25-31/h1-22,28-32,37-38H,23-27H2. The van der Waals surface area contributed by atoms with E-state index >= 15 is 0 Å². The van der Waals surface area contributed by atoms with E-state index in [1.165, 1.54) is 96.7 Å². The Hall–Kier alpha value is -5.18. The molecule has 1 spiro atoms. The van der Waals surface area contributed by atoms with Crippen LogP contribution in [0.3, 0.4) is 0 Å². The summed E-state index contributed by atoms with van der Waals surface area (Å²) in [7, 11) is 0. The summed E-state index contributed by atoms with van der Waals surface area (Å²) in [5, 5.41) is 5.15. The second-order valence-electron chi connectivity index (χ2n) is 16.2. The zero-order chi connectivity index (χ0) is 34.0. The van der Waals surface area contributed by atoms with E-state index in [9.17, 15) is 0 Å². The molecule has 52 heavy (non-hydrogen) atoms. The highest BCUT2D eigenvalue weighted by Crippen LogP contribution is 2.69. The summed E-state index contributed by atoms with van der Waals surface area (Å²) >= 11 is 1.87. The van der Waals surface area contributed by atoms with Crippen molar-refractivity contribution in [3.63, 3.8) is 0 Å². The molecule has 0 unspecified atom stereocenters. The minimum atomic E-state index is 0.219. The van der Waals surface area contributed by atoms with E-state index in [1.807, 2.05) is 11.3 Å². The van der Waals surface area contributed by atoms with Crippen LogP contribution in [0.5, 0.6) is 0 Å². The summed E-state index contributed by atoms with van der Waals surface area (Å²) < 4.78 is 2.66. The Morgan fingerprint density at radius 2 is 1.08 bits per heavy atom. The van der Waals surface area contributed by atoms with Gasteiger partial charge in [0.1, 0.15) is 0 Å². The van der Waals surface area contributed by atoms with E-state index in [2.05, 4.69) is 157 Å². The molecule has 8 aromatic rings. The summed E-state index contributed by atoms with van der Waals surface area (Å²) in [6.07, 6.45) is 7.19. The molecule has 0 atom stereocenters. The summed E-state index contributed by atoms with van der Waals surface area (Å²) in [6, 6.07) is 57.6. The first-order valence-corrected chi connectivity index (χ1v) is 20.1. The Bertz CT molecular complexity index is 2690. The molecule has 0 radical (unpaired) electrons. The first kappa shape index (κ1) is 29.4. The van der Waals surface area contributed by atoms with Crippen molar-refractivity contribution in [3.05, 3.63) is 163 Å². The lowest BCUT2D eigenvalue weighted by atomic mass is 9.43. The van der Waals surface area contributed by atoms with Crippen LogP contribution in [0.15, 0.2) is 152 Å². The van der Waals surface area contributed by atoms with Gasteiger partial charge in [-0.05, 0) is 155 Å². The average molecular weight is 686 g/mol. The maximum absolute atomic E-state index is 2.54. The maximum Gasteiger partial charge on any atom is 0.0468 e. The van der Waals surface area contributed by atoms with Crippen molar-refractivity contribution in [2.24, 2.45) is 23.7 Å². The van der Waals surface area contributed by atoms with Gasteiger partial charge < -0.3 is 4.90 Å². The van der Waals surface area contributed by atoms with Crippen molar-refractivity contribution in [2.45, 2.75) is 37.5 Å². The third kappa shape index (κ3) is 4.10. The molecule has 0 aliphatic heterocycles. The van der Waals surface area contributed by atoms with Gasteiger partial charge in [0, 0.05) is 42.6 Å². The predicted molar refractivity (Wildman–Crippen MR) is 220 cm³/mol. The number of thiophene rings is 1. The van der Waals surface area contributed by atoms with Crippen LogP contribution < -0.4 is 4.90 Å². The largest absolute Gasteiger partial charge is 0.310 e. The highest BCUT2D eigenvalue weighted by atomic mass is 32.1. The summed E-state index contributed by atoms with van der Waals surface area (Å²) in [5.74, 6) is 3.51. The van der Waals surface area contributed by atoms with E-state index in [1.54, 1.807) is 11.1 Å². The van der Waals surface area contributed by atoms with Crippen LogP contribution in [0, 0.1) is 23.7 Å². The molecule has 5 aliphatic carbocycles. The second-order valence-corrected chi connectivity index (χ2v) is 17.3. The quantitative estimate of drug-likeness (QED) is 0.178. The fourth-order valence-corrected chi connectivity index (χ4v) is 12.8. The van der Waals surface area contributed by atoms with E-state index in [-0.39, 0.29) is 5.41 Å². The van der Waals surface area contributed by atoms with Gasteiger partial charge in [0.15, 0.2) is 0 Å². The van der Waals surface area contributed by atoms with Crippen LogP contribution in [0.1, 0.15) is 43.2 Å². The molecule has 0 amide bonds. The number of rotatable bonds is 4. The summed E-state index contributed by atoms with van der Waals surface area (Å²) in [6.45, 7) is 0. The van der Waals surface area contributed by atoms with Crippen molar-refractivity contribution < 1.29 is 0 Å². The van der Waals surface area contributed by atoms with Gasteiger partial charge in [0.05, 0.1) is 0 Å². The van der Waals surface area contributed by atoms with Crippen LogP contribution in [-0.4, -0.2) is 0 Å². The third-order valence-electron chi connectivity index (χ3n) is 13.6. The van der Waals surface area contributed by atoms with Gasteiger partial charge >= 0.3 is 0 Å². The van der Waals surface area contributed by atoms with Gasteiger partial charge in [0.2, 0.25) is 0 Å². The Balaban J connectivity index is 0.966. The van der Waals surface area contributed by atoms with Crippen molar-refractivity contribution in [1.29, 1.82) is 0 Å². The highest BCUT2D eigenvalue weighted by Gasteiger charge is 2.61. The zero-order valence-electron chi connectivity index (χ0n) is 29.1. The number of hydrogen-bond donors (Lipinski definition) is 0. The predicted octanol–water partition coefficient (Wildman–Crippen LogP) is 14.1. The van der Waals surface area contributed by atoms with Crippen molar-refractivity contribution >= 4 is 59.3 Å². The molecule has 13 rings (SSSR count). The smallest absolute Gasteiger partial charge is 0.0468 e. The Morgan fingerprint density at radius 3 is 1.92 bits per heavy atom. The lowest BCUT2D eigenvalue weighted by Gasteiger charge is -2.61. The van der Waals surface area contributed by atoms with Crippen LogP contribution in [0.2, 0.25) is 0 Å². The monoisotopic (exact) mass is 685 g/mol. The normalized spacial score (nSPS) is 23.8. The molecule has 0 saturated heterocycles. The van der Waals surface area contributed by atoms with Crippen LogP contribution >= 0.6 is 11.3 Å². The first-order valence-electron chi connectivity index (χ1n) is 19.3. The number of anilines is 3. The Kier molecular flexibility index (Phi) is 6.17. The lowest BCUT2D eigenvalue weighted by molar-refractivity contribution is -0.0399. The molecule has 5 aliphatic rings. The van der Waals surface area contributed by atoms with Gasteiger partial charge in [-0.1, -0.05) is 97.1 Å². The minimum absolute atomic E-state index is 0.219. The molecule has 4 bridgehead atoms. The summed E-state index contributed by atoms with van der Waals surface area (Å²) in [5.41, 5.74) is 12.5. The van der Waals surface area contributed by atoms with E-state index in [0.717, 1.165) is 29.4 Å². The molecule has 250 valence electrons. The van der Waals surface area contributed by atoms with Gasteiger partial charge in [-0.15, -0.1) is 11.3 Å². The molecule has 2 heteroatoms. The maximum atomic E-state index is 2.54. The van der Waals surface area contributed by atoms with Gasteiger partial charge in [-0.25, -0.2) is 0 Å². The average Bonchev–Trinajstić information content (AvgIpc) is 3.70. The topological polar surface area (TPSA) is 3.24 Å². The van der Waals surface area contributed by atoms with Crippen LogP contribution in [-0.2, 0) is 5.41 Å². The van der Waals surface area contributed by atoms with Crippen LogP contribution in [0.25, 0.3) is 53.2 Å². The first-order chi connectivity index (χ1) is 25.7. The van der Waals surface area contributed by atoms with Crippen molar-refractivity contribution in [3.8, 4) is 22.3 Å². The van der Waals surface area contributed by atoms with E-state index in [4.69, 9.17) is 0 Å². The molecular weight excluding hydrogens is 647 g/mol. The number of fused-ring (bicyclic) bond motifs is 7. The minimum Gasteiger partial charge on any atom is -0.310 e. The fraction of sp³-hybridized carbons (Fsp3) is 0.200. The SMILES string of the molecule is c1ccc2c(c1)-c1cc(-c3ccc(N(c4ccc5ccccc5c4)c4ccc5sc6ccccc6c5c4)cc3)ccc1C21C2CC3CC(C2)CC1C3. The third-order valence-corrected chi connectivity index (χ3v) is 14.8. The molecule has 4 fully saturated rings. The molecule has 1 heterocycles. The van der Waals surface area contributed by atoms with Crippen molar-refractivity contribution in [2.75, 3.05) is 4.90 Å². The van der Waals surface area contributed by atoms with Gasteiger partial charge in [-0.3, -0.25) is 0 Å². The van der Waals surface area contributed by atoms with E-state index < -0.39 is 0 Å². The molecular formula is C50H39NS. The lowest BCUT2D eigenvalue weighted by Crippen LogP contribution is -2.55. The highest BCUT2D eigenvalue weighted by molar-refractivity contribution is 7.25. The molecule has 1 aromatic heterocycles. The van der Waals surface area contributed by atoms with Gasteiger partial charge in [-0.2, -0.15) is 0 Å². The van der Waals surface area contributed by atoms with E-state index in [0.29, 0.717) is 0 Å². The Morgan fingerprint density at radius 1 is 0.442 bits per heavy atom. The number of nitrogens with zero attached hydrogens (tertiary/aromatic N) is 1. The Labute approximate surface area is 309 Å². The second kappa shape index (κ2) is 10.9. The number of hydrogen-bond acceptors (Lipinski definition) is 2. The molecule has 7 aromatic carbocycles. The zero-order valence-corrected chi connectivity index (χ0v) is 30.0. The van der Waals surface area contributed by atoms with Crippen LogP contribution in [0.4, 0.5) is 17.1 Å². The van der Waals surface area contributed by atoms with Gasteiger partial charge in [0.25, 0.3) is 0 Å². The number of benzene rings is 7. The molecule has 0 N–H and O–H groups in total. The van der Waals surface area contributed by atoms with Crippen molar-refractivity contribution in [1.82, 2.24) is 0 Å². The fourth-order valence-electron chi connectivity index (χ4n) is 11.8. The summed E-state index contributed by atoms with van der Waals surface area (Å²) in [4.78, 5) is 2.43. The molecule has 4 saturated carbocycles.